The molecule has 0 aliphatic heterocycles. The highest BCUT2D eigenvalue weighted by molar-refractivity contribution is 5.55. The SMILES string of the molecule is CCCCCCC(C)Nc1nc(CC)nc(N)c1C. The second kappa shape index (κ2) is 7.97. The van der Waals surface area contributed by atoms with E-state index in [1.54, 1.807) is 0 Å². The largest absolute Gasteiger partial charge is 0.383 e. The molecule has 0 bridgehead atoms. The molecule has 0 saturated heterocycles. The number of rotatable bonds is 8. The number of hydrogen-bond donors (Lipinski definition) is 2. The van der Waals surface area contributed by atoms with Gasteiger partial charge in [0, 0.05) is 18.0 Å². The maximum Gasteiger partial charge on any atom is 0.134 e. The lowest BCUT2D eigenvalue weighted by molar-refractivity contribution is 0.592. The molecule has 19 heavy (non-hydrogen) atoms. The summed E-state index contributed by atoms with van der Waals surface area (Å²) in [5, 5.41) is 3.47. The third-order valence-electron chi connectivity index (χ3n) is 3.42. The van der Waals surface area contributed by atoms with Crippen molar-refractivity contribution < 1.29 is 0 Å². The zero-order valence-electron chi connectivity index (χ0n) is 12.8. The van der Waals surface area contributed by atoms with E-state index >= 15 is 0 Å². The van der Waals surface area contributed by atoms with Crippen LogP contribution in [0.2, 0.25) is 0 Å². The van der Waals surface area contributed by atoms with Gasteiger partial charge < -0.3 is 11.1 Å². The summed E-state index contributed by atoms with van der Waals surface area (Å²) < 4.78 is 0. The van der Waals surface area contributed by atoms with Gasteiger partial charge in [0.2, 0.25) is 0 Å². The molecular formula is C15H28N4. The van der Waals surface area contributed by atoms with Gasteiger partial charge in [-0.15, -0.1) is 0 Å². The van der Waals surface area contributed by atoms with E-state index in [4.69, 9.17) is 5.73 Å². The molecule has 1 unspecified atom stereocenters. The summed E-state index contributed by atoms with van der Waals surface area (Å²) in [6.45, 7) is 8.46. The molecule has 0 spiro atoms. The van der Waals surface area contributed by atoms with Gasteiger partial charge in [-0.05, 0) is 20.3 Å². The molecule has 1 rings (SSSR count). The Bertz CT molecular complexity index is 390. The van der Waals surface area contributed by atoms with Crippen molar-refractivity contribution >= 4 is 11.6 Å². The Hall–Kier alpha value is -1.32. The Balaban J connectivity index is 2.58. The molecule has 4 nitrogen and oxygen atoms in total. The third-order valence-corrected chi connectivity index (χ3v) is 3.42. The molecule has 3 N–H and O–H groups in total. The first kappa shape index (κ1) is 15.7. The quantitative estimate of drug-likeness (QED) is 0.703. The van der Waals surface area contributed by atoms with Crippen LogP contribution < -0.4 is 11.1 Å². The molecule has 0 fully saturated rings. The Morgan fingerprint density at radius 1 is 1.16 bits per heavy atom. The monoisotopic (exact) mass is 264 g/mol. The molecule has 0 aliphatic rings. The van der Waals surface area contributed by atoms with Gasteiger partial charge in [0.25, 0.3) is 0 Å². The van der Waals surface area contributed by atoms with E-state index in [-0.39, 0.29) is 0 Å². The molecule has 0 aromatic carbocycles. The molecule has 0 saturated carbocycles. The van der Waals surface area contributed by atoms with E-state index in [2.05, 4.69) is 29.1 Å². The van der Waals surface area contributed by atoms with E-state index in [9.17, 15) is 0 Å². The van der Waals surface area contributed by atoms with E-state index < -0.39 is 0 Å². The summed E-state index contributed by atoms with van der Waals surface area (Å²) in [4.78, 5) is 8.81. The standard InChI is InChI=1S/C15H28N4/c1-5-7-8-9-10-11(3)17-15-12(4)14(16)18-13(6-2)19-15/h11H,5-10H2,1-4H3,(H3,16,17,18,19). The summed E-state index contributed by atoms with van der Waals surface area (Å²) in [5.74, 6) is 2.30. The first-order chi connectivity index (χ1) is 9.08. The molecule has 1 heterocycles. The molecule has 0 radical (unpaired) electrons. The number of aromatic nitrogens is 2. The predicted molar refractivity (Wildman–Crippen MR) is 82.4 cm³/mol. The second-order valence-electron chi connectivity index (χ2n) is 5.25. The van der Waals surface area contributed by atoms with Gasteiger partial charge in [0.1, 0.15) is 17.5 Å². The fraction of sp³-hybridized carbons (Fsp3) is 0.733. The number of unbranched alkanes of at least 4 members (excludes halogenated alkanes) is 3. The van der Waals surface area contributed by atoms with E-state index in [0.29, 0.717) is 11.9 Å². The summed E-state index contributed by atoms with van der Waals surface area (Å²) in [6.07, 6.45) is 7.17. The number of nitrogens with one attached hydrogen (secondary N) is 1. The van der Waals surface area contributed by atoms with Crippen molar-refractivity contribution in [2.45, 2.75) is 72.3 Å². The van der Waals surface area contributed by atoms with Crippen LogP contribution in [-0.4, -0.2) is 16.0 Å². The van der Waals surface area contributed by atoms with Gasteiger partial charge in [-0.3, -0.25) is 0 Å². The topological polar surface area (TPSA) is 63.8 Å². The molecule has 4 heteroatoms. The number of nitrogen functional groups attached to an aromatic ring is 1. The molecule has 0 amide bonds. The molecular weight excluding hydrogens is 236 g/mol. The van der Waals surface area contributed by atoms with Crippen molar-refractivity contribution in [3.05, 3.63) is 11.4 Å². The summed E-state index contributed by atoms with van der Waals surface area (Å²) in [7, 11) is 0. The fourth-order valence-electron chi connectivity index (χ4n) is 2.06. The van der Waals surface area contributed by atoms with Crippen molar-refractivity contribution in [1.82, 2.24) is 9.97 Å². The molecule has 0 aliphatic carbocycles. The van der Waals surface area contributed by atoms with Crippen LogP contribution in [0.1, 0.15) is 64.3 Å². The Morgan fingerprint density at radius 2 is 1.89 bits per heavy atom. The lowest BCUT2D eigenvalue weighted by atomic mass is 10.1. The summed E-state index contributed by atoms with van der Waals surface area (Å²) >= 11 is 0. The van der Waals surface area contributed by atoms with Crippen LogP contribution >= 0.6 is 0 Å². The number of aryl methyl sites for hydroxylation is 1. The Labute approximate surface area is 117 Å². The van der Waals surface area contributed by atoms with Gasteiger partial charge >= 0.3 is 0 Å². The van der Waals surface area contributed by atoms with Crippen LogP contribution in [0.15, 0.2) is 0 Å². The maximum atomic E-state index is 5.92. The molecule has 1 aromatic rings. The van der Waals surface area contributed by atoms with Crippen molar-refractivity contribution in [2.75, 3.05) is 11.1 Å². The zero-order valence-corrected chi connectivity index (χ0v) is 12.8. The van der Waals surface area contributed by atoms with E-state index in [1.165, 1.54) is 32.1 Å². The fourth-order valence-corrected chi connectivity index (χ4v) is 2.06. The number of nitrogens with two attached hydrogens (primary N) is 1. The highest BCUT2D eigenvalue weighted by atomic mass is 15.1. The highest BCUT2D eigenvalue weighted by Crippen LogP contribution is 2.19. The first-order valence-electron chi connectivity index (χ1n) is 7.48. The van der Waals surface area contributed by atoms with E-state index in [0.717, 1.165) is 23.6 Å². The van der Waals surface area contributed by atoms with Crippen LogP contribution in [0.5, 0.6) is 0 Å². The minimum Gasteiger partial charge on any atom is -0.383 e. The Kier molecular flexibility index (Phi) is 6.60. The first-order valence-corrected chi connectivity index (χ1v) is 7.48. The molecule has 1 aromatic heterocycles. The van der Waals surface area contributed by atoms with Crippen molar-refractivity contribution in [3.63, 3.8) is 0 Å². The van der Waals surface area contributed by atoms with Gasteiger partial charge in [-0.25, -0.2) is 9.97 Å². The lowest BCUT2D eigenvalue weighted by Gasteiger charge is -2.17. The number of nitrogens with zero attached hydrogens (tertiary/aromatic N) is 2. The van der Waals surface area contributed by atoms with E-state index in [1.807, 2.05) is 13.8 Å². The maximum absolute atomic E-state index is 5.92. The van der Waals surface area contributed by atoms with Crippen LogP contribution in [0, 0.1) is 6.92 Å². The highest BCUT2D eigenvalue weighted by Gasteiger charge is 2.10. The van der Waals surface area contributed by atoms with Gasteiger partial charge in [0.15, 0.2) is 0 Å². The average molecular weight is 264 g/mol. The number of hydrogen-bond acceptors (Lipinski definition) is 4. The van der Waals surface area contributed by atoms with Crippen LogP contribution in [0.25, 0.3) is 0 Å². The summed E-state index contributed by atoms with van der Waals surface area (Å²) in [6, 6.07) is 0.426. The Morgan fingerprint density at radius 3 is 2.53 bits per heavy atom. The third kappa shape index (κ3) is 5.05. The number of anilines is 2. The van der Waals surface area contributed by atoms with Crippen LogP contribution in [-0.2, 0) is 6.42 Å². The van der Waals surface area contributed by atoms with Gasteiger partial charge in [-0.1, -0.05) is 39.5 Å². The minimum absolute atomic E-state index is 0.426. The molecule has 108 valence electrons. The van der Waals surface area contributed by atoms with Crippen molar-refractivity contribution in [2.24, 2.45) is 0 Å². The lowest BCUT2D eigenvalue weighted by Crippen LogP contribution is -2.18. The smallest absolute Gasteiger partial charge is 0.134 e. The van der Waals surface area contributed by atoms with Crippen molar-refractivity contribution in [3.8, 4) is 0 Å². The van der Waals surface area contributed by atoms with Gasteiger partial charge in [0.05, 0.1) is 0 Å². The minimum atomic E-state index is 0.426. The average Bonchev–Trinajstić information content (AvgIpc) is 2.39. The zero-order chi connectivity index (χ0) is 14.3. The summed E-state index contributed by atoms with van der Waals surface area (Å²) in [5.41, 5.74) is 6.88. The second-order valence-corrected chi connectivity index (χ2v) is 5.25. The predicted octanol–water partition coefficient (Wildman–Crippen LogP) is 3.70. The normalized spacial score (nSPS) is 12.4. The molecule has 1 atom stereocenters. The van der Waals surface area contributed by atoms with Gasteiger partial charge in [-0.2, -0.15) is 0 Å². The van der Waals surface area contributed by atoms with Crippen LogP contribution in [0.4, 0.5) is 11.6 Å². The van der Waals surface area contributed by atoms with Crippen molar-refractivity contribution in [1.29, 1.82) is 0 Å². The van der Waals surface area contributed by atoms with Crippen LogP contribution in [0.3, 0.4) is 0 Å².